The van der Waals surface area contributed by atoms with Gasteiger partial charge >= 0.3 is 0 Å². The van der Waals surface area contributed by atoms with E-state index in [1.165, 1.54) is 11.1 Å². The zero-order valence-electron chi connectivity index (χ0n) is 11.7. The van der Waals surface area contributed by atoms with Crippen LogP contribution < -0.4 is 5.56 Å². The Morgan fingerprint density at radius 1 is 1.30 bits per heavy atom. The molecule has 0 saturated heterocycles. The third-order valence-corrected chi connectivity index (χ3v) is 2.78. The Labute approximate surface area is 116 Å². The van der Waals surface area contributed by atoms with Gasteiger partial charge < -0.3 is 9.88 Å². The summed E-state index contributed by atoms with van der Waals surface area (Å²) in [5, 5.41) is 0. The highest BCUT2D eigenvalue weighted by Crippen LogP contribution is 2.08. The number of aromatic amines is 1. The summed E-state index contributed by atoms with van der Waals surface area (Å²) >= 11 is 0. The Bertz CT molecular complexity index is 673. The number of carbonyl (C=O) groups is 1. The van der Waals surface area contributed by atoms with E-state index in [0.29, 0.717) is 6.54 Å². The van der Waals surface area contributed by atoms with E-state index in [4.69, 9.17) is 0 Å². The first-order valence-corrected chi connectivity index (χ1v) is 6.19. The van der Waals surface area contributed by atoms with Crippen molar-refractivity contribution in [1.29, 1.82) is 0 Å². The van der Waals surface area contributed by atoms with Gasteiger partial charge in [-0.05, 0) is 31.5 Å². The average Bonchev–Trinajstić information content (AvgIpc) is 2.36. The number of aryl methyl sites for hydroxylation is 2. The van der Waals surface area contributed by atoms with E-state index in [9.17, 15) is 9.59 Å². The van der Waals surface area contributed by atoms with Gasteiger partial charge in [-0.3, -0.25) is 19.6 Å². The topological polar surface area (TPSA) is 79.0 Å². The number of carbonyl (C=O) groups excluding carboxylic acids is 1. The fourth-order valence-corrected chi connectivity index (χ4v) is 2.01. The van der Waals surface area contributed by atoms with Crippen LogP contribution in [0.2, 0.25) is 0 Å². The zero-order chi connectivity index (χ0) is 14.7. The van der Waals surface area contributed by atoms with E-state index < -0.39 is 5.56 Å². The maximum atomic E-state index is 12.2. The zero-order valence-corrected chi connectivity index (χ0v) is 11.7. The highest BCUT2D eigenvalue weighted by Gasteiger charge is 2.14. The molecule has 0 unspecified atom stereocenters. The van der Waals surface area contributed by atoms with Crippen LogP contribution in [0.3, 0.4) is 0 Å². The molecular formula is C14H16N4O2. The van der Waals surface area contributed by atoms with Crippen LogP contribution in [0.1, 0.15) is 27.4 Å². The molecule has 0 bridgehead atoms. The molecule has 2 rings (SSSR count). The molecule has 0 spiro atoms. The van der Waals surface area contributed by atoms with Crippen LogP contribution in [0.15, 0.2) is 29.3 Å². The molecule has 2 aromatic rings. The second kappa shape index (κ2) is 5.64. The Morgan fingerprint density at radius 3 is 2.70 bits per heavy atom. The van der Waals surface area contributed by atoms with Gasteiger partial charge in [-0.25, -0.2) is 0 Å². The van der Waals surface area contributed by atoms with Crippen molar-refractivity contribution in [2.75, 3.05) is 7.05 Å². The average molecular weight is 272 g/mol. The number of H-pyrrole nitrogens is 1. The van der Waals surface area contributed by atoms with Crippen molar-refractivity contribution in [3.05, 3.63) is 57.5 Å². The van der Waals surface area contributed by atoms with Crippen LogP contribution in [0.5, 0.6) is 0 Å². The predicted octanol–water partition coefficient (Wildman–Crippen LogP) is 1.05. The number of hydrogen-bond donors (Lipinski definition) is 1. The third kappa shape index (κ3) is 3.28. The first-order chi connectivity index (χ1) is 9.45. The van der Waals surface area contributed by atoms with Crippen molar-refractivity contribution in [2.24, 2.45) is 0 Å². The van der Waals surface area contributed by atoms with Crippen LogP contribution in [0.25, 0.3) is 0 Å². The van der Waals surface area contributed by atoms with Gasteiger partial charge in [0.25, 0.3) is 11.5 Å². The summed E-state index contributed by atoms with van der Waals surface area (Å²) < 4.78 is 0. The second-order valence-electron chi connectivity index (χ2n) is 4.75. The molecule has 0 aliphatic rings. The molecule has 20 heavy (non-hydrogen) atoms. The SMILES string of the molecule is Cc1cc(C)nc(CN(C)C(=O)c2cncc(=O)[nH]2)c1. The molecule has 0 radical (unpaired) electrons. The summed E-state index contributed by atoms with van der Waals surface area (Å²) in [6.45, 7) is 4.27. The second-order valence-corrected chi connectivity index (χ2v) is 4.75. The number of aromatic nitrogens is 3. The lowest BCUT2D eigenvalue weighted by Gasteiger charge is -2.16. The highest BCUT2D eigenvalue weighted by molar-refractivity contribution is 5.91. The molecular weight excluding hydrogens is 256 g/mol. The number of nitrogens with zero attached hydrogens (tertiary/aromatic N) is 3. The molecule has 104 valence electrons. The minimum absolute atomic E-state index is 0.171. The number of pyridine rings is 1. The van der Waals surface area contributed by atoms with Gasteiger partial charge in [0.1, 0.15) is 5.69 Å². The number of rotatable bonds is 3. The maximum absolute atomic E-state index is 12.2. The van der Waals surface area contributed by atoms with E-state index in [0.717, 1.165) is 23.1 Å². The molecule has 2 heterocycles. The predicted molar refractivity (Wildman–Crippen MR) is 74.4 cm³/mol. The van der Waals surface area contributed by atoms with Crippen LogP contribution in [0, 0.1) is 13.8 Å². The van der Waals surface area contributed by atoms with Crippen molar-refractivity contribution in [2.45, 2.75) is 20.4 Å². The van der Waals surface area contributed by atoms with Gasteiger partial charge in [0.05, 0.1) is 24.6 Å². The van der Waals surface area contributed by atoms with Crippen molar-refractivity contribution in [3.63, 3.8) is 0 Å². The van der Waals surface area contributed by atoms with Crippen molar-refractivity contribution < 1.29 is 4.79 Å². The molecule has 0 fully saturated rings. The van der Waals surface area contributed by atoms with E-state index in [1.54, 1.807) is 7.05 Å². The van der Waals surface area contributed by atoms with E-state index >= 15 is 0 Å². The molecule has 0 atom stereocenters. The minimum Gasteiger partial charge on any atom is -0.334 e. The summed E-state index contributed by atoms with van der Waals surface area (Å²) in [6, 6.07) is 3.91. The Kier molecular flexibility index (Phi) is 3.93. The fraction of sp³-hybridized carbons (Fsp3) is 0.286. The van der Waals surface area contributed by atoms with E-state index in [1.807, 2.05) is 26.0 Å². The van der Waals surface area contributed by atoms with Gasteiger partial charge in [-0.1, -0.05) is 0 Å². The third-order valence-electron chi connectivity index (χ3n) is 2.78. The first-order valence-electron chi connectivity index (χ1n) is 6.19. The molecule has 6 nitrogen and oxygen atoms in total. The normalized spacial score (nSPS) is 10.3. The Balaban J connectivity index is 2.17. The lowest BCUT2D eigenvalue weighted by Crippen LogP contribution is -2.29. The summed E-state index contributed by atoms with van der Waals surface area (Å²) in [4.78, 5) is 35.4. The highest BCUT2D eigenvalue weighted by atomic mass is 16.2. The van der Waals surface area contributed by atoms with Crippen LogP contribution in [-0.4, -0.2) is 32.8 Å². The molecule has 1 N–H and O–H groups in total. The monoisotopic (exact) mass is 272 g/mol. The number of hydrogen-bond acceptors (Lipinski definition) is 4. The molecule has 0 aliphatic carbocycles. The smallest absolute Gasteiger partial charge is 0.272 e. The van der Waals surface area contributed by atoms with Gasteiger partial charge in [-0.2, -0.15) is 0 Å². The first kappa shape index (κ1) is 13.9. The summed E-state index contributed by atoms with van der Waals surface area (Å²) in [5.41, 5.74) is 2.60. The van der Waals surface area contributed by atoms with Crippen LogP contribution in [0.4, 0.5) is 0 Å². The number of nitrogens with one attached hydrogen (secondary N) is 1. The molecule has 1 amide bonds. The van der Waals surface area contributed by atoms with Gasteiger partial charge in [0, 0.05) is 12.7 Å². The summed E-state index contributed by atoms with van der Waals surface area (Å²) in [6.07, 6.45) is 2.47. The lowest BCUT2D eigenvalue weighted by molar-refractivity contribution is 0.0776. The van der Waals surface area contributed by atoms with Gasteiger partial charge in [-0.15, -0.1) is 0 Å². The van der Waals surface area contributed by atoms with Crippen molar-refractivity contribution >= 4 is 5.91 Å². The standard InChI is InChI=1S/C14H16N4O2/c1-9-4-10(2)16-11(5-9)8-18(3)14(20)12-6-15-7-13(19)17-12/h4-7H,8H2,1-3H3,(H,17,19). The molecule has 0 saturated carbocycles. The van der Waals surface area contributed by atoms with Crippen LogP contribution >= 0.6 is 0 Å². The number of amides is 1. The van der Waals surface area contributed by atoms with E-state index in [-0.39, 0.29) is 11.6 Å². The minimum atomic E-state index is -0.395. The van der Waals surface area contributed by atoms with Crippen molar-refractivity contribution in [3.8, 4) is 0 Å². The Hall–Kier alpha value is -2.50. The van der Waals surface area contributed by atoms with Crippen LogP contribution in [-0.2, 0) is 6.54 Å². The summed E-state index contributed by atoms with van der Waals surface area (Å²) in [5.74, 6) is -0.295. The molecule has 0 aromatic carbocycles. The maximum Gasteiger partial charge on any atom is 0.272 e. The lowest BCUT2D eigenvalue weighted by atomic mass is 10.2. The molecule has 0 aliphatic heterocycles. The summed E-state index contributed by atoms with van der Waals surface area (Å²) in [7, 11) is 1.66. The Morgan fingerprint density at radius 2 is 2.05 bits per heavy atom. The van der Waals surface area contributed by atoms with Crippen molar-refractivity contribution in [1.82, 2.24) is 19.9 Å². The molecule has 2 aromatic heterocycles. The quantitative estimate of drug-likeness (QED) is 0.906. The van der Waals surface area contributed by atoms with Gasteiger partial charge in [0.15, 0.2) is 0 Å². The molecule has 6 heteroatoms. The van der Waals surface area contributed by atoms with Gasteiger partial charge in [0.2, 0.25) is 0 Å². The fourth-order valence-electron chi connectivity index (χ4n) is 2.01. The largest absolute Gasteiger partial charge is 0.334 e. The van der Waals surface area contributed by atoms with E-state index in [2.05, 4.69) is 15.0 Å².